The fourth-order valence-electron chi connectivity index (χ4n) is 3.60. The van der Waals surface area contributed by atoms with Gasteiger partial charge in [-0.25, -0.2) is 0 Å². The third kappa shape index (κ3) is 3.82. The highest BCUT2D eigenvalue weighted by Gasteiger charge is 2.29. The minimum absolute atomic E-state index is 0.247. The Labute approximate surface area is 169 Å². The Morgan fingerprint density at radius 2 is 1.79 bits per heavy atom. The molecule has 1 unspecified atom stereocenters. The highest BCUT2D eigenvalue weighted by molar-refractivity contribution is 6.04. The number of aromatic amines is 1. The molecule has 1 aliphatic heterocycles. The Morgan fingerprint density at radius 3 is 2.45 bits per heavy atom. The summed E-state index contributed by atoms with van der Waals surface area (Å²) in [5.74, 6) is 1.51. The van der Waals surface area contributed by atoms with E-state index in [9.17, 15) is 4.79 Å². The molecule has 7 heteroatoms. The van der Waals surface area contributed by atoms with Gasteiger partial charge < -0.3 is 14.8 Å². The Hall–Kier alpha value is -3.32. The Bertz CT molecular complexity index is 994. The third-order valence-corrected chi connectivity index (χ3v) is 5.35. The van der Waals surface area contributed by atoms with Crippen molar-refractivity contribution >= 4 is 11.7 Å². The number of rotatable bonds is 6. The highest BCUT2D eigenvalue weighted by Crippen LogP contribution is 2.33. The van der Waals surface area contributed by atoms with Crippen LogP contribution in [0.25, 0.3) is 0 Å². The molecule has 1 atom stereocenters. The van der Waals surface area contributed by atoms with Crippen molar-refractivity contribution in [3.63, 3.8) is 0 Å². The molecule has 0 fully saturated rings. The molecule has 150 valence electrons. The first-order valence-corrected chi connectivity index (χ1v) is 9.48. The molecule has 3 aromatic rings. The molecule has 0 saturated heterocycles. The van der Waals surface area contributed by atoms with E-state index in [4.69, 9.17) is 9.47 Å². The second kappa shape index (κ2) is 7.97. The summed E-state index contributed by atoms with van der Waals surface area (Å²) in [6.07, 6.45) is 0. The number of fused-ring (bicyclic) bond motifs is 1. The minimum atomic E-state index is -0.247. The summed E-state index contributed by atoms with van der Waals surface area (Å²) in [4.78, 5) is 15.1. The number of anilines is 1. The molecule has 1 amide bonds. The summed E-state index contributed by atoms with van der Waals surface area (Å²) >= 11 is 0. The normalized spacial score (nSPS) is 14.3. The standard InChI is InChI=1S/C22H24N4O3/c1-14(15-7-5-4-6-8-15)26-12-19-20(13-26)24-25-21(19)23-22(27)16-9-17(28-2)11-18(10-16)29-3/h4-11,14H,12-13H2,1-3H3,(H2,23,24,25,27). The molecule has 4 rings (SSSR count). The van der Waals surface area contributed by atoms with Crippen LogP contribution in [0.2, 0.25) is 0 Å². The molecule has 29 heavy (non-hydrogen) atoms. The fraction of sp³-hybridized carbons (Fsp3) is 0.273. The molecule has 7 nitrogen and oxygen atoms in total. The molecule has 0 bridgehead atoms. The lowest BCUT2D eigenvalue weighted by molar-refractivity contribution is 0.102. The number of aromatic nitrogens is 2. The van der Waals surface area contributed by atoms with Gasteiger partial charge >= 0.3 is 0 Å². The fourth-order valence-corrected chi connectivity index (χ4v) is 3.60. The number of nitrogens with one attached hydrogen (secondary N) is 2. The van der Waals surface area contributed by atoms with Crippen LogP contribution in [0.15, 0.2) is 48.5 Å². The van der Waals surface area contributed by atoms with E-state index >= 15 is 0 Å². The third-order valence-electron chi connectivity index (χ3n) is 5.35. The second-order valence-electron chi connectivity index (χ2n) is 7.07. The monoisotopic (exact) mass is 392 g/mol. The van der Waals surface area contributed by atoms with Crippen molar-refractivity contribution in [3.8, 4) is 11.5 Å². The van der Waals surface area contributed by atoms with Gasteiger partial charge in [0, 0.05) is 36.3 Å². The lowest BCUT2D eigenvalue weighted by Gasteiger charge is -2.24. The number of methoxy groups -OCH3 is 2. The maximum absolute atomic E-state index is 12.8. The van der Waals surface area contributed by atoms with E-state index in [1.54, 1.807) is 32.4 Å². The quantitative estimate of drug-likeness (QED) is 0.668. The van der Waals surface area contributed by atoms with Gasteiger partial charge in [0.2, 0.25) is 0 Å². The number of hydrogen-bond donors (Lipinski definition) is 2. The predicted octanol–water partition coefficient (Wildman–Crippen LogP) is 3.76. The van der Waals surface area contributed by atoms with E-state index in [0.717, 1.165) is 24.3 Å². The zero-order chi connectivity index (χ0) is 20.4. The van der Waals surface area contributed by atoms with Crippen LogP contribution in [0, 0.1) is 0 Å². The molecule has 1 aliphatic rings. The number of amides is 1. The molecule has 0 spiro atoms. The van der Waals surface area contributed by atoms with Crippen LogP contribution < -0.4 is 14.8 Å². The predicted molar refractivity (Wildman–Crippen MR) is 110 cm³/mol. The van der Waals surface area contributed by atoms with Gasteiger partial charge in [-0.1, -0.05) is 30.3 Å². The van der Waals surface area contributed by atoms with Crippen LogP contribution in [0.3, 0.4) is 0 Å². The molecule has 0 aliphatic carbocycles. The van der Waals surface area contributed by atoms with Crippen molar-refractivity contribution in [1.29, 1.82) is 0 Å². The highest BCUT2D eigenvalue weighted by atomic mass is 16.5. The van der Waals surface area contributed by atoms with Crippen LogP contribution >= 0.6 is 0 Å². The number of nitrogens with zero attached hydrogens (tertiary/aromatic N) is 2. The van der Waals surface area contributed by atoms with Gasteiger partial charge in [0.25, 0.3) is 5.91 Å². The van der Waals surface area contributed by atoms with Crippen molar-refractivity contribution in [2.75, 3.05) is 19.5 Å². The molecule has 0 radical (unpaired) electrons. The van der Waals surface area contributed by atoms with E-state index in [-0.39, 0.29) is 11.9 Å². The average molecular weight is 392 g/mol. The Kier molecular flexibility index (Phi) is 5.22. The Balaban J connectivity index is 1.50. The summed E-state index contributed by atoms with van der Waals surface area (Å²) in [5.41, 5.74) is 3.70. The van der Waals surface area contributed by atoms with Crippen LogP contribution in [-0.2, 0) is 13.1 Å². The number of carbonyl (C=O) groups excluding carboxylic acids is 1. The van der Waals surface area contributed by atoms with Crippen molar-refractivity contribution in [3.05, 3.63) is 70.9 Å². The number of benzene rings is 2. The number of carbonyl (C=O) groups is 1. The SMILES string of the molecule is COc1cc(OC)cc(C(=O)Nc2[nH]nc3c2CN(C(C)c2ccccc2)C3)c1. The second-order valence-corrected chi connectivity index (χ2v) is 7.07. The van der Waals surface area contributed by atoms with Gasteiger partial charge in [-0.3, -0.25) is 14.8 Å². The summed E-state index contributed by atoms with van der Waals surface area (Å²) in [6.45, 7) is 3.65. The van der Waals surface area contributed by atoms with Crippen molar-refractivity contribution < 1.29 is 14.3 Å². The van der Waals surface area contributed by atoms with Gasteiger partial charge in [-0.2, -0.15) is 5.10 Å². The Morgan fingerprint density at radius 1 is 1.10 bits per heavy atom. The lowest BCUT2D eigenvalue weighted by Crippen LogP contribution is -2.22. The van der Waals surface area contributed by atoms with Crippen LogP contribution in [0.1, 0.15) is 40.1 Å². The lowest BCUT2D eigenvalue weighted by atomic mass is 10.1. The van der Waals surface area contributed by atoms with E-state index in [0.29, 0.717) is 22.9 Å². The maximum Gasteiger partial charge on any atom is 0.257 e. The van der Waals surface area contributed by atoms with E-state index in [1.165, 1.54) is 5.56 Å². The minimum Gasteiger partial charge on any atom is -0.497 e. The smallest absolute Gasteiger partial charge is 0.257 e. The number of H-pyrrole nitrogens is 1. The largest absolute Gasteiger partial charge is 0.497 e. The number of hydrogen-bond acceptors (Lipinski definition) is 5. The van der Waals surface area contributed by atoms with Crippen LogP contribution in [0.5, 0.6) is 11.5 Å². The summed E-state index contributed by atoms with van der Waals surface area (Å²) < 4.78 is 10.5. The van der Waals surface area contributed by atoms with Crippen molar-refractivity contribution in [2.24, 2.45) is 0 Å². The maximum atomic E-state index is 12.8. The van der Waals surface area contributed by atoms with Crippen LogP contribution in [0.4, 0.5) is 5.82 Å². The molecule has 0 saturated carbocycles. The summed E-state index contributed by atoms with van der Waals surface area (Å²) in [7, 11) is 3.11. The van der Waals surface area contributed by atoms with E-state index < -0.39 is 0 Å². The van der Waals surface area contributed by atoms with Gasteiger partial charge in [0.1, 0.15) is 17.3 Å². The van der Waals surface area contributed by atoms with Gasteiger partial charge in [-0.15, -0.1) is 0 Å². The zero-order valence-electron chi connectivity index (χ0n) is 16.7. The van der Waals surface area contributed by atoms with E-state index in [2.05, 4.69) is 51.6 Å². The molecule has 2 heterocycles. The summed E-state index contributed by atoms with van der Waals surface area (Å²) in [6, 6.07) is 15.7. The van der Waals surface area contributed by atoms with Crippen molar-refractivity contribution in [2.45, 2.75) is 26.1 Å². The van der Waals surface area contributed by atoms with E-state index in [1.807, 2.05) is 6.07 Å². The average Bonchev–Trinajstić information content (AvgIpc) is 3.35. The van der Waals surface area contributed by atoms with Gasteiger partial charge in [0.05, 0.1) is 19.9 Å². The summed E-state index contributed by atoms with van der Waals surface area (Å²) in [5, 5.41) is 10.3. The van der Waals surface area contributed by atoms with Crippen LogP contribution in [-0.4, -0.2) is 35.2 Å². The first-order chi connectivity index (χ1) is 14.1. The first kappa shape index (κ1) is 19.0. The molecule has 2 N–H and O–H groups in total. The van der Waals surface area contributed by atoms with Gasteiger partial charge in [-0.05, 0) is 24.6 Å². The van der Waals surface area contributed by atoms with Gasteiger partial charge in [0.15, 0.2) is 0 Å². The number of ether oxygens (including phenoxy) is 2. The molecule has 2 aromatic carbocycles. The molecular formula is C22H24N4O3. The van der Waals surface area contributed by atoms with Crippen molar-refractivity contribution in [1.82, 2.24) is 15.1 Å². The molecule has 1 aromatic heterocycles. The molecular weight excluding hydrogens is 368 g/mol. The zero-order valence-corrected chi connectivity index (χ0v) is 16.7. The topological polar surface area (TPSA) is 79.5 Å². The first-order valence-electron chi connectivity index (χ1n) is 9.48.